The molecule has 32 heavy (non-hydrogen) atoms. The van der Waals surface area contributed by atoms with Crippen molar-refractivity contribution in [1.29, 1.82) is 0 Å². The number of benzene rings is 2. The van der Waals surface area contributed by atoms with Gasteiger partial charge in [-0.05, 0) is 67.5 Å². The first-order chi connectivity index (χ1) is 15.4. The third kappa shape index (κ3) is 5.03. The Labute approximate surface area is 196 Å². The lowest BCUT2D eigenvalue weighted by Gasteiger charge is -2.45. The quantitative estimate of drug-likeness (QED) is 0.497. The lowest BCUT2D eigenvalue weighted by molar-refractivity contribution is 0.317. The van der Waals surface area contributed by atoms with Crippen molar-refractivity contribution in [3.8, 4) is 5.75 Å². The van der Waals surface area contributed by atoms with Crippen LogP contribution >= 0.6 is 11.6 Å². The lowest BCUT2D eigenvalue weighted by Crippen LogP contribution is -2.44. The van der Waals surface area contributed by atoms with Crippen LogP contribution in [0.15, 0.2) is 47.5 Å². The Morgan fingerprint density at radius 3 is 2.62 bits per heavy atom. The van der Waals surface area contributed by atoms with E-state index in [0.29, 0.717) is 19.6 Å². The molecule has 1 heterocycles. The zero-order valence-electron chi connectivity index (χ0n) is 18.6. The first kappa shape index (κ1) is 23.3. The van der Waals surface area contributed by atoms with E-state index in [-0.39, 0.29) is 11.2 Å². The van der Waals surface area contributed by atoms with E-state index in [0.717, 1.165) is 48.7 Å². The van der Waals surface area contributed by atoms with Crippen LogP contribution in [0.5, 0.6) is 5.75 Å². The largest absolute Gasteiger partial charge is 0.494 e. The second-order valence-electron chi connectivity index (χ2n) is 8.66. The molecule has 2 aromatic carbocycles. The van der Waals surface area contributed by atoms with Crippen molar-refractivity contribution < 1.29 is 13.2 Å². The van der Waals surface area contributed by atoms with Crippen LogP contribution in [0.2, 0.25) is 5.02 Å². The highest BCUT2D eigenvalue weighted by Gasteiger charge is 2.45. The molecule has 1 saturated carbocycles. The molecule has 2 aromatic rings. The summed E-state index contributed by atoms with van der Waals surface area (Å²) in [6.45, 7) is 3.59. The molecule has 0 bridgehead atoms. The van der Waals surface area contributed by atoms with Gasteiger partial charge in [-0.15, -0.1) is 0 Å². The Balaban J connectivity index is 1.49. The topological polar surface area (TPSA) is 67.8 Å². The van der Waals surface area contributed by atoms with Crippen LogP contribution in [0, 0.1) is 0 Å². The minimum Gasteiger partial charge on any atom is -0.494 e. The van der Waals surface area contributed by atoms with Gasteiger partial charge < -0.3 is 4.74 Å². The molecule has 0 spiro atoms. The Morgan fingerprint density at radius 2 is 1.94 bits per heavy atom. The maximum atomic E-state index is 12.0. The maximum absolute atomic E-state index is 12.0. The summed E-state index contributed by atoms with van der Waals surface area (Å²) < 4.78 is 32.4. The molecule has 1 aliphatic heterocycles. The number of ether oxygens (including phenoxy) is 1. The van der Waals surface area contributed by atoms with Gasteiger partial charge in [-0.1, -0.05) is 43.1 Å². The Morgan fingerprint density at radius 1 is 1.16 bits per heavy atom. The van der Waals surface area contributed by atoms with Gasteiger partial charge in [0.1, 0.15) is 5.75 Å². The fourth-order valence-electron chi connectivity index (χ4n) is 4.60. The van der Waals surface area contributed by atoms with E-state index in [1.165, 1.54) is 23.1 Å². The van der Waals surface area contributed by atoms with Crippen LogP contribution < -0.4 is 9.46 Å². The van der Waals surface area contributed by atoms with Gasteiger partial charge in [0.15, 0.2) is 0 Å². The number of hydrogen-bond donors (Lipinski definition) is 1. The van der Waals surface area contributed by atoms with Crippen molar-refractivity contribution in [2.45, 2.75) is 50.9 Å². The minimum absolute atomic E-state index is 0.0581. The van der Waals surface area contributed by atoms with Crippen molar-refractivity contribution in [3.63, 3.8) is 0 Å². The number of rotatable bonds is 10. The molecule has 4 rings (SSSR count). The van der Waals surface area contributed by atoms with Crippen LogP contribution in [0.3, 0.4) is 0 Å². The third-order valence-corrected chi connectivity index (χ3v) is 8.16. The summed E-state index contributed by atoms with van der Waals surface area (Å²) in [4.78, 5) is 5.00. The van der Waals surface area contributed by atoms with E-state index in [9.17, 15) is 8.42 Å². The molecule has 1 N–H and O–H groups in total. The molecule has 0 unspecified atom stereocenters. The van der Waals surface area contributed by atoms with Crippen molar-refractivity contribution in [3.05, 3.63) is 64.2 Å². The maximum Gasteiger partial charge on any atom is 0.211 e. The molecule has 7 heteroatoms. The molecule has 172 valence electrons. The molecule has 0 radical (unpaired) electrons. The minimum atomic E-state index is -3.23. The Hall–Kier alpha value is -1.89. The predicted octanol–water partition coefficient (Wildman–Crippen LogP) is 4.91. The van der Waals surface area contributed by atoms with Crippen LogP contribution in [0.25, 0.3) is 0 Å². The number of halogens is 1. The first-order valence-electron chi connectivity index (χ1n) is 11.5. The van der Waals surface area contributed by atoms with E-state index in [4.69, 9.17) is 21.3 Å². The predicted molar refractivity (Wildman–Crippen MR) is 131 cm³/mol. The van der Waals surface area contributed by atoms with Gasteiger partial charge in [0.2, 0.25) is 10.0 Å². The lowest BCUT2D eigenvalue weighted by atomic mass is 9.59. The van der Waals surface area contributed by atoms with Crippen molar-refractivity contribution in [1.82, 2.24) is 4.72 Å². The highest BCUT2D eigenvalue weighted by molar-refractivity contribution is 7.89. The monoisotopic (exact) mass is 474 g/mol. The number of sulfonamides is 1. The summed E-state index contributed by atoms with van der Waals surface area (Å²) in [6, 6.07) is 14.4. The van der Waals surface area contributed by atoms with Crippen molar-refractivity contribution in [2.75, 3.05) is 25.4 Å². The molecule has 0 saturated heterocycles. The van der Waals surface area contributed by atoms with E-state index < -0.39 is 10.0 Å². The summed E-state index contributed by atoms with van der Waals surface area (Å²) in [7, 11) is -3.23. The summed E-state index contributed by atoms with van der Waals surface area (Å²) in [6.07, 6.45) is 5.52. The number of hydrogen-bond acceptors (Lipinski definition) is 4. The first-order valence-corrected chi connectivity index (χ1v) is 13.5. The zero-order valence-corrected chi connectivity index (χ0v) is 20.1. The fraction of sp³-hybridized carbons (Fsp3) is 0.480. The van der Waals surface area contributed by atoms with E-state index in [1.54, 1.807) is 0 Å². The summed E-state index contributed by atoms with van der Waals surface area (Å²) >= 11 is 6.14. The molecule has 2 aliphatic rings. The highest BCUT2D eigenvalue weighted by Crippen LogP contribution is 2.48. The molecule has 0 aromatic heterocycles. The molecular formula is C25H31ClN2O3S. The van der Waals surface area contributed by atoms with Gasteiger partial charge in [0.05, 0.1) is 18.1 Å². The fourth-order valence-corrected chi connectivity index (χ4v) is 5.88. The summed E-state index contributed by atoms with van der Waals surface area (Å²) in [5, 5.41) is 0.747. The van der Waals surface area contributed by atoms with Gasteiger partial charge in [-0.25, -0.2) is 13.1 Å². The molecule has 0 amide bonds. The average molecular weight is 475 g/mol. The van der Waals surface area contributed by atoms with Crippen LogP contribution in [-0.2, 0) is 21.9 Å². The smallest absolute Gasteiger partial charge is 0.211 e. The van der Waals surface area contributed by atoms with Crippen LogP contribution in [0.4, 0.5) is 0 Å². The average Bonchev–Trinajstić information content (AvgIpc) is 2.76. The van der Waals surface area contributed by atoms with Crippen molar-refractivity contribution >= 4 is 27.3 Å². The molecule has 1 aliphatic carbocycles. The van der Waals surface area contributed by atoms with E-state index in [1.807, 2.05) is 25.1 Å². The standard InChI is InChI=1S/C25H31ClN2O3S/c1-2-14-28-32(29,30)17-4-16-31-22-10-5-19-11-15-27-24(23(19)18-22)25(12-3-13-25)20-6-8-21(26)9-7-20/h5-10,18,28H,2-4,11-17H2,1H3. The van der Waals surface area contributed by atoms with E-state index >= 15 is 0 Å². The van der Waals surface area contributed by atoms with Gasteiger partial charge in [0, 0.05) is 29.1 Å². The zero-order chi connectivity index (χ0) is 22.6. The highest BCUT2D eigenvalue weighted by atomic mass is 35.5. The molecular weight excluding hydrogens is 444 g/mol. The summed E-state index contributed by atoms with van der Waals surface area (Å²) in [5.74, 6) is 0.840. The third-order valence-electron chi connectivity index (χ3n) is 6.44. The molecule has 0 atom stereocenters. The normalized spacial score (nSPS) is 17.2. The van der Waals surface area contributed by atoms with Gasteiger partial charge in [-0.3, -0.25) is 4.99 Å². The van der Waals surface area contributed by atoms with Crippen LogP contribution in [0.1, 0.15) is 55.7 Å². The molecule has 5 nitrogen and oxygen atoms in total. The Bertz CT molecular complexity index is 1080. The SMILES string of the molecule is CCCNS(=O)(=O)CCCOc1ccc2c(c1)C(C1(c3ccc(Cl)cc3)CCC1)=NCC2. The number of nitrogens with zero attached hydrogens (tertiary/aromatic N) is 1. The van der Waals surface area contributed by atoms with E-state index in [2.05, 4.69) is 29.0 Å². The van der Waals surface area contributed by atoms with Gasteiger partial charge in [-0.2, -0.15) is 0 Å². The van der Waals surface area contributed by atoms with Crippen molar-refractivity contribution in [2.24, 2.45) is 4.99 Å². The second-order valence-corrected chi connectivity index (χ2v) is 11.0. The Kier molecular flexibility index (Phi) is 7.23. The summed E-state index contributed by atoms with van der Waals surface area (Å²) in [5.41, 5.74) is 4.84. The van der Waals surface area contributed by atoms with Gasteiger partial charge in [0.25, 0.3) is 0 Å². The van der Waals surface area contributed by atoms with Crippen LogP contribution in [-0.4, -0.2) is 39.6 Å². The molecule has 1 fully saturated rings. The number of nitrogens with one attached hydrogen (secondary N) is 1. The number of aliphatic imine (C=N–C) groups is 1. The second kappa shape index (κ2) is 9.94. The van der Waals surface area contributed by atoms with Gasteiger partial charge >= 0.3 is 0 Å². The number of fused-ring (bicyclic) bond motifs is 1.